The lowest BCUT2D eigenvalue weighted by Crippen LogP contribution is -2.23. The molecule has 0 saturated carbocycles. The topological polar surface area (TPSA) is 76.8 Å². The summed E-state index contributed by atoms with van der Waals surface area (Å²) in [5.41, 5.74) is 5.10. The maximum atomic E-state index is 13.0. The maximum absolute atomic E-state index is 13.0. The summed E-state index contributed by atoms with van der Waals surface area (Å²) in [6.45, 7) is 5.90. The lowest BCUT2D eigenvalue weighted by molar-refractivity contribution is 0.476. The molecule has 1 aromatic carbocycles. The Labute approximate surface area is 172 Å². The smallest absolute Gasteiger partial charge is 0.278 e. The third-order valence-electron chi connectivity index (χ3n) is 5.21. The predicted molar refractivity (Wildman–Crippen MR) is 117 cm³/mol. The summed E-state index contributed by atoms with van der Waals surface area (Å²) in [5.74, 6) is 0.483. The minimum absolute atomic E-state index is 0.00210. The Morgan fingerprint density at radius 3 is 2.93 bits per heavy atom. The first-order chi connectivity index (χ1) is 14.1. The SMILES string of the molecule is CC(C)n1c(=O)c2cnc(Nc3ccc4c(c3)CCNC4)nc2n1-c1ccsc1. The van der Waals surface area contributed by atoms with Crippen LogP contribution in [-0.4, -0.2) is 25.9 Å². The molecule has 2 N–H and O–H groups in total. The number of hydrogen-bond donors (Lipinski definition) is 2. The van der Waals surface area contributed by atoms with Gasteiger partial charge < -0.3 is 10.6 Å². The average molecular weight is 407 g/mol. The first-order valence-electron chi connectivity index (χ1n) is 9.74. The molecule has 0 atom stereocenters. The molecule has 4 aromatic rings. The molecule has 0 unspecified atom stereocenters. The molecule has 8 heteroatoms. The zero-order chi connectivity index (χ0) is 20.0. The van der Waals surface area contributed by atoms with E-state index >= 15 is 0 Å². The normalized spacial score (nSPS) is 13.8. The van der Waals surface area contributed by atoms with Gasteiger partial charge >= 0.3 is 0 Å². The van der Waals surface area contributed by atoms with Crippen LogP contribution in [0, 0.1) is 0 Å². The highest BCUT2D eigenvalue weighted by molar-refractivity contribution is 7.08. The minimum atomic E-state index is -0.0750. The number of aromatic nitrogens is 4. The number of rotatable bonds is 4. The number of benzene rings is 1. The molecule has 0 bridgehead atoms. The molecule has 7 nitrogen and oxygen atoms in total. The fourth-order valence-electron chi connectivity index (χ4n) is 3.84. The van der Waals surface area contributed by atoms with Gasteiger partial charge in [-0.15, -0.1) is 0 Å². The molecule has 0 saturated heterocycles. The van der Waals surface area contributed by atoms with E-state index in [-0.39, 0.29) is 11.6 Å². The standard InChI is InChI=1S/C21H22N6OS/c1-13(2)26-20(28)18-11-23-21(25-19(18)27(26)17-6-8-29-12-17)24-16-4-3-15-10-22-7-5-14(15)9-16/h3-4,6,8-9,11-13,22H,5,7,10H2,1-2H3,(H,23,24,25). The number of nitrogens with zero attached hydrogens (tertiary/aromatic N) is 4. The van der Waals surface area contributed by atoms with Crippen LogP contribution in [0.1, 0.15) is 31.0 Å². The molecule has 0 radical (unpaired) electrons. The quantitative estimate of drug-likeness (QED) is 0.541. The van der Waals surface area contributed by atoms with Crippen molar-refractivity contribution in [2.45, 2.75) is 32.9 Å². The van der Waals surface area contributed by atoms with Gasteiger partial charge in [0, 0.05) is 29.9 Å². The van der Waals surface area contributed by atoms with Crippen LogP contribution in [-0.2, 0) is 13.0 Å². The van der Waals surface area contributed by atoms with Crippen LogP contribution in [0.3, 0.4) is 0 Å². The molecule has 1 aliphatic rings. The van der Waals surface area contributed by atoms with E-state index in [0.29, 0.717) is 17.0 Å². The third-order valence-corrected chi connectivity index (χ3v) is 5.88. The average Bonchev–Trinajstić information content (AvgIpc) is 3.34. The summed E-state index contributed by atoms with van der Waals surface area (Å²) in [7, 11) is 0. The first-order valence-corrected chi connectivity index (χ1v) is 10.7. The van der Waals surface area contributed by atoms with Gasteiger partial charge in [0.2, 0.25) is 5.95 Å². The Bertz CT molecular complexity index is 1240. The van der Waals surface area contributed by atoms with Crippen LogP contribution in [0.2, 0.25) is 0 Å². The van der Waals surface area contributed by atoms with Crippen LogP contribution in [0.4, 0.5) is 11.6 Å². The van der Waals surface area contributed by atoms with E-state index in [1.807, 2.05) is 41.4 Å². The highest BCUT2D eigenvalue weighted by Crippen LogP contribution is 2.24. The highest BCUT2D eigenvalue weighted by atomic mass is 32.1. The van der Waals surface area contributed by atoms with Gasteiger partial charge in [-0.05, 0) is 61.5 Å². The van der Waals surface area contributed by atoms with E-state index in [2.05, 4.69) is 27.8 Å². The van der Waals surface area contributed by atoms with Crippen molar-refractivity contribution >= 4 is 34.0 Å². The predicted octanol–water partition coefficient (Wildman–Crippen LogP) is 3.61. The van der Waals surface area contributed by atoms with Crippen molar-refractivity contribution < 1.29 is 0 Å². The van der Waals surface area contributed by atoms with Gasteiger partial charge in [-0.2, -0.15) is 16.3 Å². The van der Waals surface area contributed by atoms with Crippen molar-refractivity contribution in [3.8, 4) is 5.69 Å². The van der Waals surface area contributed by atoms with Crippen molar-refractivity contribution in [3.05, 3.63) is 62.7 Å². The number of anilines is 2. The van der Waals surface area contributed by atoms with Crippen LogP contribution in [0.25, 0.3) is 16.7 Å². The summed E-state index contributed by atoms with van der Waals surface area (Å²) >= 11 is 1.59. The Morgan fingerprint density at radius 2 is 2.14 bits per heavy atom. The summed E-state index contributed by atoms with van der Waals surface area (Å²) in [6.07, 6.45) is 2.64. The molecule has 4 heterocycles. The van der Waals surface area contributed by atoms with E-state index in [0.717, 1.165) is 30.9 Å². The molecule has 3 aromatic heterocycles. The van der Waals surface area contributed by atoms with Crippen LogP contribution < -0.4 is 16.2 Å². The molecule has 1 aliphatic heterocycles. The van der Waals surface area contributed by atoms with Crippen molar-refractivity contribution in [2.75, 3.05) is 11.9 Å². The number of nitrogens with one attached hydrogen (secondary N) is 2. The van der Waals surface area contributed by atoms with Gasteiger partial charge in [0.25, 0.3) is 5.56 Å². The van der Waals surface area contributed by atoms with Gasteiger partial charge in [-0.3, -0.25) is 4.79 Å². The Kier molecular flexibility index (Phi) is 4.44. The van der Waals surface area contributed by atoms with Crippen molar-refractivity contribution in [1.29, 1.82) is 0 Å². The molecule has 0 spiro atoms. The van der Waals surface area contributed by atoms with E-state index in [1.165, 1.54) is 11.1 Å². The number of fused-ring (bicyclic) bond motifs is 2. The zero-order valence-electron chi connectivity index (χ0n) is 16.3. The van der Waals surface area contributed by atoms with E-state index < -0.39 is 0 Å². The second-order valence-electron chi connectivity index (χ2n) is 7.50. The monoisotopic (exact) mass is 406 g/mol. The summed E-state index contributed by atoms with van der Waals surface area (Å²) in [4.78, 5) is 22.1. The maximum Gasteiger partial charge on any atom is 0.278 e. The van der Waals surface area contributed by atoms with E-state index in [1.54, 1.807) is 22.2 Å². The second-order valence-corrected chi connectivity index (χ2v) is 8.28. The molecular weight excluding hydrogens is 384 g/mol. The lowest BCUT2D eigenvalue weighted by Gasteiger charge is -2.18. The fourth-order valence-corrected chi connectivity index (χ4v) is 4.45. The van der Waals surface area contributed by atoms with E-state index in [9.17, 15) is 4.79 Å². The summed E-state index contributed by atoms with van der Waals surface area (Å²) in [5, 5.41) is 11.2. The van der Waals surface area contributed by atoms with E-state index in [4.69, 9.17) is 4.98 Å². The van der Waals surface area contributed by atoms with Crippen LogP contribution in [0.15, 0.2) is 46.0 Å². The molecule has 0 aliphatic carbocycles. The third kappa shape index (κ3) is 3.14. The molecule has 29 heavy (non-hydrogen) atoms. The summed E-state index contributed by atoms with van der Waals surface area (Å²) < 4.78 is 3.63. The Hall–Kier alpha value is -2.97. The molecule has 0 amide bonds. The summed E-state index contributed by atoms with van der Waals surface area (Å²) in [6, 6.07) is 8.34. The lowest BCUT2D eigenvalue weighted by atomic mass is 10.0. The number of thiophene rings is 1. The first kappa shape index (κ1) is 18.1. The molecule has 148 valence electrons. The molecular formula is C21H22N6OS. The zero-order valence-corrected chi connectivity index (χ0v) is 17.2. The molecule has 0 fully saturated rings. The Balaban J connectivity index is 1.60. The van der Waals surface area contributed by atoms with Gasteiger partial charge in [0.15, 0.2) is 5.65 Å². The van der Waals surface area contributed by atoms with Crippen LogP contribution in [0.5, 0.6) is 0 Å². The van der Waals surface area contributed by atoms with Crippen molar-refractivity contribution in [3.63, 3.8) is 0 Å². The minimum Gasteiger partial charge on any atom is -0.324 e. The van der Waals surface area contributed by atoms with Gasteiger partial charge in [-0.25, -0.2) is 14.3 Å². The van der Waals surface area contributed by atoms with Gasteiger partial charge in [0.05, 0.1) is 5.69 Å². The largest absolute Gasteiger partial charge is 0.324 e. The molecule has 5 rings (SSSR count). The van der Waals surface area contributed by atoms with Crippen molar-refractivity contribution in [1.82, 2.24) is 24.6 Å². The van der Waals surface area contributed by atoms with Crippen LogP contribution >= 0.6 is 11.3 Å². The Morgan fingerprint density at radius 1 is 1.24 bits per heavy atom. The number of hydrogen-bond acceptors (Lipinski definition) is 6. The van der Waals surface area contributed by atoms with Gasteiger partial charge in [-0.1, -0.05) is 6.07 Å². The van der Waals surface area contributed by atoms with Gasteiger partial charge in [0.1, 0.15) is 5.39 Å². The van der Waals surface area contributed by atoms with Crippen molar-refractivity contribution in [2.24, 2.45) is 0 Å². The fraction of sp³-hybridized carbons (Fsp3) is 0.286. The second kappa shape index (κ2) is 7.13. The highest BCUT2D eigenvalue weighted by Gasteiger charge is 2.19.